The Morgan fingerprint density at radius 1 is 0.714 bits per heavy atom. The van der Waals surface area contributed by atoms with Crippen molar-refractivity contribution in [1.82, 2.24) is 19.1 Å². The molecule has 0 saturated heterocycles. The monoisotopic (exact) mass is 506 g/mol. The van der Waals surface area contributed by atoms with Crippen LogP contribution in [0.1, 0.15) is 129 Å². The van der Waals surface area contributed by atoms with Gasteiger partial charge in [0.05, 0.1) is 0 Å². The van der Waals surface area contributed by atoms with E-state index < -0.39 is 5.69 Å². The molecular weight excluding hydrogens is 456 g/mol. The summed E-state index contributed by atoms with van der Waals surface area (Å²) in [6.07, 6.45) is 23.5. The van der Waals surface area contributed by atoms with Crippen molar-refractivity contribution >= 4 is 22.9 Å². The number of hydrogen-bond donors (Lipinski definition) is 1. The van der Waals surface area contributed by atoms with Gasteiger partial charge in [-0.05, 0) is 12.8 Å². The van der Waals surface area contributed by atoms with Crippen LogP contribution >= 0.6 is 11.8 Å². The van der Waals surface area contributed by atoms with E-state index in [1.54, 1.807) is 18.8 Å². The van der Waals surface area contributed by atoms with E-state index in [1.807, 2.05) is 0 Å². The summed E-state index contributed by atoms with van der Waals surface area (Å²) in [6.45, 7) is 5.28. The highest BCUT2D eigenvalue weighted by Gasteiger charge is 2.17. The molecule has 0 aliphatic rings. The number of imidazole rings is 1. The number of aromatic amines is 1. The van der Waals surface area contributed by atoms with Crippen molar-refractivity contribution in [3.63, 3.8) is 0 Å². The molecule has 1 N–H and O–H groups in total. The molecular formula is C28H50N4O2S. The normalized spacial score (nSPS) is 11.6. The first-order chi connectivity index (χ1) is 17.1. The predicted octanol–water partition coefficient (Wildman–Crippen LogP) is 7.58. The number of nitrogens with zero attached hydrogens (tertiary/aromatic N) is 3. The zero-order valence-corrected chi connectivity index (χ0v) is 23.5. The first-order valence-electron chi connectivity index (χ1n) is 14.4. The molecule has 0 aliphatic carbocycles. The third-order valence-corrected chi connectivity index (χ3v) is 8.00. The van der Waals surface area contributed by atoms with Crippen LogP contribution < -0.4 is 11.2 Å². The second-order valence-electron chi connectivity index (χ2n) is 10.0. The van der Waals surface area contributed by atoms with E-state index in [9.17, 15) is 9.59 Å². The highest BCUT2D eigenvalue weighted by molar-refractivity contribution is 7.99. The minimum atomic E-state index is -0.400. The summed E-state index contributed by atoms with van der Waals surface area (Å²) >= 11 is 1.72. The van der Waals surface area contributed by atoms with Gasteiger partial charge in [-0.2, -0.15) is 0 Å². The molecule has 0 atom stereocenters. The number of aryl methyl sites for hydroxylation is 2. The number of H-pyrrole nitrogens is 1. The molecule has 2 rings (SSSR count). The number of thioether (sulfide) groups is 1. The average Bonchev–Trinajstić information content (AvgIpc) is 3.21. The lowest BCUT2D eigenvalue weighted by Gasteiger charge is -2.09. The summed E-state index contributed by atoms with van der Waals surface area (Å²) in [6, 6.07) is 0. The van der Waals surface area contributed by atoms with Crippen molar-refractivity contribution in [2.75, 3.05) is 5.75 Å². The van der Waals surface area contributed by atoms with Crippen LogP contribution in [-0.4, -0.2) is 24.9 Å². The maximum Gasteiger partial charge on any atom is 0.329 e. The van der Waals surface area contributed by atoms with Gasteiger partial charge in [-0.25, -0.2) is 9.78 Å². The summed E-state index contributed by atoms with van der Waals surface area (Å²) in [5, 5.41) is 0.873. The fourth-order valence-corrected chi connectivity index (χ4v) is 5.71. The quantitative estimate of drug-likeness (QED) is 0.140. The minimum Gasteiger partial charge on any atom is -0.313 e. The van der Waals surface area contributed by atoms with Gasteiger partial charge >= 0.3 is 5.69 Å². The molecule has 0 saturated carbocycles. The molecule has 200 valence electrons. The second-order valence-corrected chi connectivity index (χ2v) is 11.1. The molecule has 0 aliphatic heterocycles. The van der Waals surface area contributed by atoms with Crippen molar-refractivity contribution in [2.45, 2.75) is 141 Å². The topological polar surface area (TPSA) is 72.7 Å². The molecule has 0 amide bonds. The Balaban J connectivity index is 1.74. The second kappa shape index (κ2) is 17.9. The van der Waals surface area contributed by atoms with Crippen LogP contribution in [0.15, 0.2) is 14.7 Å². The van der Waals surface area contributed by atoms with Gasteiger partial charge < -0.3 is 4.57 Å². The van der Waals surface area contributed by atoms with Crippen molar-refractivity contribution in [2.24, 2.45) is 7.05 Å². The van der Waals surface area contributed by atoms with E-state index in [1.165, 1.54) is 107 Å². The molecule has 0 unspecified atom stereocenters. The molecule has 6 nitrogen and oxygen atoms in total. The van der Waals surface area contributed by atoms with Crippen LogP contribution in [0.2, 0.25) is 0 Å². The summed E-state index contributed by atoms with van der Waals surface area (Å²) in [7, 11) is 1.68. The summed E-state index contributed by atoms with van der Waals surface area (Å²) < 4.78 is 3.51. The molecule has 0 radical (unpaired) electrons. The average molecular weight is 507 g/mol. The summed E-state index contributed by atoms with van der Waals surface area (Å²) in [5.74, 6) is 0.994. The molecule has 35 heavy (non-hydrogen) atoms. The fourth-order valence-electron chi connectivity index (χ4n) is 4.69. The minimum absolute atomic E-state index is 0.321. The lowest BCUT2D eigenvalue weighted by molar-refractivity contribution is 0.519. The Kier molecular flexibility index (Phi) is 15.2. The van der Waals surface area contributed by atoms with Gasteiger partial charge in [0.15, 0.2) is 16.3 Å². The number of unbranched alkanes of at least 4 members (excludes halogenated alkanes) is 16. The Morgan fingerprint density at radius 2 is 1.20 bits per heavy atom. The van der Waals surface area contributed by atoms with Crippen molar-refractivity contribution < 1.29 is 0 Å². The Labute approximate surface area is 216 Å². The van der Waals surface area contributed by atoms with E-state index in [2.05, 4.69) is 23.4 Å². The molecule has 0 bridgehead atoms. The third-order valence-electron chi connectivity index (χ3n) is 6.94. The molecule has 0 spiro atoms. The van der Waals surface area contributed by atoms with Gasteiger partial charge in [0.2, 0.25) is 0 Å². The van der Waals surface area contributed by atoms with E-state index in [4.69, 9.17) is 4.98 Å². The van der Waals surface area contributed by atoms with E-state index in [0.29, 0.717) is 11.2 Å². The third kappa shape index (κ3) is 10.6. The zero-order chi connectivity index (χ0) is 25.3. The number of hydrogen-bond acceptors (Lipinski definition) is 4. The Bertz CT molecular complexity index is 947. The van der Waals surface area contributed by atoms with Gasteiger partial charge in [0.1, 0.15) is 0 Å². The first-order valence-corrected chi connectivity index (χ1v) is 15.4. The largest absolute Gasteiger partial charge is 0.329 e. The number of nitrogens with one attached hydrogen (secondary N) is 1. The maximum absolute atomic E-state index is 12.6. The molecule has 0 aromatic carbocycles. The van der Waals surface area contributed by atoms with Gasteiger partial charge in [-0.3, -0.25) is 14.3 Å². The fraction of sp³-hybridized carbons (Fsp3) is 0.821. The van der Waals surface area contributed by atoms with Crippen molar-refractivity contribution in [3.05, 3.63) is 20.8 Å². The smallest absolute Gasteiger partial charge is 0.313 e. The lowest BCUT2D eigenvalue weighted by atomic mass is 10.0. The highest BCUT2D eigenvalue weighted by atomic mass is 32.2. The van der Waals surface area contributed by atoms with Crippen LogP contribution in [0.4, 0.5) is 0 Å². The summed E-state index contributed by atoms with van der Waals surface area (Å²) in [5.41, 5.74) is 0.319. The summed E-state index contributed by atoms with van der Waals surface area (Å²) in [4.78, 5) is 31.8. The standard InChI is InChI=1S/C28H50N4O2S/c1-4-6-8-10-11-12-13-14-15-16-17-18-19-20-22-32-24-25(31(3)27(34)30-26(24)33)29-28(32)35-23-21-9-7-5-2/h4-23H2,1-3H3,(H,30,33,34). The van der Waals surface area contributed by atoms with Crippen LogP contribution in [0.5, 0.6) is 0 Å². The molecule has 0 fully saturated rings. The van der Waals surface area contributed by atoms with E-state index in [0.717, 1.165) is 30.3 Å². The molecule has 7 heteroatoms. The molecule has 2 heterocycles. The van der Waals surface area contributed by atoms with Crippen LogP contribution in [0.25, 0.3) is 11.2 Å². The van der Waals surface area contributed by atoms with Crippen LogP contribution in [0, 0.1) is 0 Å². The van der Waals surface area contributed by atoms with Crippen molar-refractivity contribution in [3.8, 4) is 0 Å². The molecule has 2 aromatic rings. The predicted molar refractivity (Wildman–Crippen MR) is 151 cm³/mol. The van der Waals surface area contributed by atoms with E-state index in [-0.39, 0.29) is 5.56 Å². The number of fused-ring (bicyclic) bond motifs is 1. The van der Waals surface area contributed by atoms with Crippen LogP contribution in [-0.2, 0) is 13.6 Å². The number of aromatic nitrogens is 4. The zero-order valence-electron chi connectivity index (χ0n) is 22.7. The highest BCUT2D eigenvalue weighted by Crippen LogP contribution is 2.24. The maximum atomic E-state index is 12.6. The van der Waals surface area contributed by atoms with Gasteiger partial charge in [0.25, 0.3) is 5.56 Å². The lowest BCUT2D eigenvalue weighted by Crippen LogP contribution is -2.29. The van der Waals surface area contributed by atoms with E-state index >= 15 is 0 Å². The SMILES string of the molecule is CCCCCCCCCCCCCCCCn1c(SCCCCCC)nc2c1c(=O)[nH]c(=O)n2C. The van der Waals surface area contributed by atoms with Gasteiger partial charge in [0, 0.05) is 19.3 Å². The molecule has 2 aromatic heterocycles. The first kappa shape index (κ1) is 29.7. The number of rotatable bonds is 21. The Hall–Kier alpha value is -1.50. The van der Waals surface area contributed by atoms with Crippen LogP contribution in [0.3, 0.4) is 0 Å². The van der Waals surface area contributed by atoms with Crippen molar-refractivity contribution in [1.29, 1.82) is 0 Å². The van der Waals surface area contributed by atoms with Gasteiger partial charge in [-0.15, -0.1) is 0 Å². The van der Waals surface area contributed by atoms with Gasteiger partial charge in [-0.1, -0.05) is 128 Å². The Morgan fingerprint density at radius 3 is 1.74 bits per heavy atom.